The molecule has 2 aromatic heterocycles. The quantitative estimate of drug-likeness (QED) is 0.441. The molecule has 0 saturated carbocycles. The Morgan fingerprint density at radius 3 is 2.28 bits per heavy atom. The number of fused-ring (bicyclic) bond motifs is 5. The number of imidazole rings is 1. The summed E-state index contributed by atoms with van der Waals surface area (Å²) < 4.78 is 10.2. The number of rotatable bonds is 3. The van der Waals surface area contributed by atoms with E-state index in [1.165, 1.54) is 0 Å². The minimum atomic E-state index is -0.294. The number of nitrogens with zero attached hydrogens (tertiary/aromatic N) is 4. The minimum absolute atomic E-state index is 0.294. The van der Waals surface area contributed by atoms with Crippen LogP contribution >= 0.6 is 0 Å². The smallest absolute Gasteiger partial charge is 0.179 e. The number of hydrogen-bond donors (Lipinski definition) is 0. The molecule has 0 N–H and O–H groups in total. The maximum atomic E-state index is 6.00. The van der Waals surface area contributed by atoms with Gasteiger partial charge in [-0.25, -0.2) is 9.67 Å². The van der Waals surface area contributed by atoms with E-state index in [9.17, 15) is 0 Å². The van der Waals surface area contributed by atoms with Crippen molar-refractivity contribution in [3.8, 4) is 28.3 Å². The van der Waals surface area contributed by atoms with Gasteiger partial charge >= 0.3 is 0 Å². The largest absolute Gasteiger partial charge is 0.355 e. The number of para-hydroxylation sites is 3. The fourth-order valence-corrected chi connectivity index (χ4v) is 4.24. The zero-order chi connectivity index (χ0) is 19.4. The Balaban J connectivity index is 1.72. The van der Waals surface area contributed by atoms with E-state index in [0.717, 1.165) is 45.1 Å². The first-order chi connectivity index (χ1) is 14.4. The topological polar surface area (TPSA) is 44.9 Å². The van der Waals surface area contributed by atoms with Crippen LogP contribution in [0.2, 0.25) is 0 Å². The van der Waals surface area contributed by atoms with Gasteiger partial charge in [-0.15, -0.1) is 0 Å². The molecule has 0 radical (unpaired) electrons. The average Bonchev–Trinajstić information content (AvgIpc) is 3.43. The fraction of sp³-hybridized carbons (Fsp3) is 0.0833. The Kier molecular flexibility index (Phi) is 3.45. The molecule has 5 aromatic rings. The molecule has 140 valence electrons. The second-order valence-electron chi connectivity index (χ2n) is 7.10. The number of methoxy groups -OCH3 is 1. The van der Waals surface area contributed by atoms with E-state index in [4.69, 9.17) is 14.8 Å². The van der Waals surface area contributed by atoms with Crippen LogP contribution in [0.15, 0.2) is 84.9 Å². The van der Waals surface area contributed by atoms with Crippen molar-refractivity contribution in [1.82, 2.24) is 19.3 Å². The minimum Gasteiger partial charge on any atom is -0.355 e. The molecule has 0 bridgehead atoms. The number of hydrogen-bond acceptors (Lipinski definition) is 3. The second kappa shape index (κ2) is 6.15. The van der Waals surface area contributed by atoms with Gasteiger partial charge in [0.25, 0.3) is 0 Å². The molecular formula is C24H18N4O. The van der Waals surface area contributed by atoms with Gasteiger partial charge in [-0.3, -0.25) is 4.57 Å². The fourth-order valence-electron chi connectivity index (χ4n) is 4.24. The molecule has 3 aromatic carbocycles. The van der Waals surface area contributed by atoms with Crippen molar-refractivity contribution in [3.63, 3.8) is 0 Å². The molecular weight excluding hydrogens is 360 g/mol. The van der Waals surface area contributed by atoms with Crippen molar-refractivity contribution in [1.29, 1.82) is 0 Å². The molecule has 0 aliphatic carbocycles. The summed E-state index contributed by atoms with van der Waals surface area (Å²) in [6, 6.07) is 28.6. The second-order valence-corrected chi connectivity index (χ2v) is 7.10. The van der Waals surface area contributed by atoms with E-state index < -0.39 is 0 Å². The highest BCUT2D eigenvalue weighted by molar-refractivity contribution is 5.89. The first-order valence-corrected chi connectivity index (χ1v) is 9.60. The maximum absolute atomic E-state index is 6.00. The molecule has 1 atom stereocenters. The van der Waals surface area contributed by atoms with Crippen molar-refractivity contribution < 1.29 is 4.74 Å². The van der Waals surface area contributed by atoms with Gasteiger partial charge in [-0.05, 0) is 24.3 Å². The molecule has 5 heteroatoms. The summed E-state index contributed by atoms with van der Waals surface area (Å²) in [5.74, 6) is 0.897. The van der Waals surface area contributed by atoms with Crippen LogP contribution in [-0.2, 0) is 4.74 Å². The molecule has 5 nitrogen and oxygen atoms in total. The van der Waals surface area contributed by atoms with E-state index in [0.29, 0.717) is 0 Å². The van der Waals surface area contributed by atoms with Crippen molar-refractivity contribution in [2.45, 2.75) is 6.23 Å². The average molecular weight is 378 g/mol. The molecule has 29 heavy (non-hydrogen) atoms. The monoisotopic (exact) mass is 378 g/mol. The number of benzene rings is 3. The summed E-state index contributed by atoms with van der Waals surface area (Å²) >= 11 is 0. The van der Waals surface area contributed by atoms with Crippen LogP contribution in [0.4, 0.5) is 0 Å². The van der Waals surface area contributed by atoms with Crippen LogP contribution in [0.5, 0.6) is 0 Å². The standard InChI is InChI=1S/C24H18N4O/c1-29-24-22-20(23-25-18-14-8-9-15-19(18)27(23)24)21(16-10-4-2-5-11-16)26-28(22)17-12-6-3-7-13-17/h2-15,24H,1H3/t24-/m0/s1. The lowest BCUT2D eigenvalue weighted by molar-refractivity contribution is 0.0829. The van der Waals surface area contributed by atoms with Gasteiger partial charge < -0.3 is 4.74 Å². The lowest BCUT2D eigenvalue weighted by Gasteiger charge is -2.16. The van der Waals surface area contributed by atoms with E-state index in [1.807, 2.05) is 59.3 Å². The molecule has 0 spiro atoms. The molecule has 0 saturated heterocycles. The van der Waals surface area contributed by atoms with Crippen LogP contribution in [0.1, 0.15) is 11.9 Å². The summed E-state index contributed by atoms with van der Waals surface area (Å²) in [5, 5.41) is 5.02. The van der Waals surface area contributed by atoms with Gasteiger partial charge in [0.15, 0.2) is 6.23 Å². The normalized spacial score (nSPS) is 14.9. The third kappa shape index (κ3) is 2.25. The van der Waals surface area contributed by atoms with Gasteiger partial charge in [0.1, 0.15) is 17.2 Å². The van der Waals surface area contributed by atoms with E-state index in [-0.39, 0.29) is 6.23 Å². The zero-order valence-corrected chi connectivity index (χ0v) is 15.9. The number of ether oxygens (including phenoxy) is 1. The van der Waals surface area contributed by atoms with Gasteiger partial charge in [-0.1, -0.05) is 60.7 Å². The first kappa shape index (κ1) is 16.3. The Hall–Kier alpha value is -3.70. The van der Waals surface area contributed by atoms with Crippen LogP contribution < -0.4 is 0 Å². The summed E-state index contributed by atoms with van der Waals surface area (Å²) in [6.07, 6.45) is -0.294. The zero-order valence-electron chi connectivity index (χ0n) is 15.9. The summed E-state index contributed by atoms with van der Waals surface area (Å²) in [6.45, 7) is 0. The highest BCUT2D eigenvalue weighted by atomic mass is 16.5. The third-order valence-corrected chi connectivity index (χ3v) is 5.48. The first-order valence-electron chi connectivity index (χ1n) is 9.60. The Morgan fingerprint density at radius 2 is 1.52 bits per heavy atom. The molecule has 1 aliphatic heterocycles. The Bertz CT molecular complexity index is 1340. The van der Waals surface area contributed by atoms with E-state index in [2.05, 4.69) is 34.9 Å². The highest BCUT2D eigenvalue weighted by Crippen LogP contribution is 2.47. The van der Waals surface area contributed by atoms with E-state index >= 15 is 0 Å². The lowest BCUT2D eigenvalue weighted by Crippen LogP contribution is -2.13. The predicted molar refractivity (Wildman–Crippen MR) is 113 cm³/mol. The van der Waals surface area contributed by atoms with Gasteiger partial charge in [-0.2, -0.15) is 5.10 Å². The lowest BCUT2D eigenvalue weighted by atomic mass is 10.1. The summed E-state index contributed by atoms with van der Waals surface area (Å²) in [5.41, 5.74) is 7.04. The van der Waals surface area contributed by atoms with Crippen LogP contribution in [0.25, 0.3) is 39.4 Å². The van der Waals surface area contributed by atoms with Gasteiger partial charge in [0.2, 0.25) is 0 Å². The van der Waals surface area contributed by atoms with Gasteiger partial charge in [0, 0.05) is 12.7 Å². The van der Waals surface area contributed by atoms with Gasteiger partial charge in [0.05, 0.1) is 22.3 Å². The highest BCUT2D eigenvalue weighted by Gasteiger charge is 2.39. The van der Waals surface area contributed by atoms with Crippen molar-refractivity contribution in [3.05, 3.63) is 90.6 Å². The maximum Gasteiger partial charge on any atom is 0.179 e. The third-order valence-electron chi connectivity index (χ3n) is 5.48. The predicted octanol–water partition coefficient (Wildman–Crippen LogP) is 5.06. The van der Waals surface area contributed by atoms with Crippen LogP contribution in [-0.4, -0.2) is 26.4 Å². The van der Waals surface area contributed by atoms with Crippen LogP contribution in [0.3, 0.4) is 0 Å². The Labute approximate surface area is 167 Å². The van der Waals surface area contributed by atoms with Crippen molar-refractivity contribution >= 4 is 11.0 Å². The van der Waals surface area contributed by atoms with Crippen molar-refractivity contribution in [2.24, 2.45) is 0 Å². The van der Waals surface area contributed by atoms with E-state index in [1.54, 1.807) is 7.11 Å². The molecule has 6 rings (SSSR count). The molecule has 0 unspecified atom stereocenters. The summed E-state index contributed by atoms with van der Waals surface area (Å²) in [4.78, 5) is 4.96. The van der Waals surface area contributed by atoms with Crippen LogP contribution in [0, 0.1) is 0 Å². The van der Waals surface area contributed by atoms with Crippen molar-refractivity contribution in [2.75, 3.05) is 7.11 Å². The molecule has 0 amide bonds. The summed E-state index contributed by atoms with van der Waals surface area (Å²) in [7, 11) is 1.74. The molecule has 3 heterocycles. The molecule has 1 aliphatic rings. The number of aromatic nitrogens is 4. The Morgan fingerprint density at radius 1 is 0.828 bits per heavy atom. The SMILES string of the molecule is CO[C@H]1c2c(c(-c3ccccc3)nn2-c2ccccc2)-c2nc3ccccc3n21. The molecule has 0 fully saturated rings.